The smallest absolute Gasteiger partial charge is 0.118 e. The molecule has 94 valence electrons. The molecule has 1 saturated heterocycles. The maximum atomic E-state index is 5.16. The van der Waals surface area contributed by atoms with Gasteiger partial charge in [0.05, 0.1) is 7.11 Å². The fourth-order valence-electron chi connectivity index (χ4n) is 2.31. The topological polar surface area (TPSA) is 24.5 Å². The molecule has 0 aliphatic carbocycles. The number of aryl methyl sites for hydroxylation is 1. The molecule has 0 bridgehead atoms. The Balaban J connectivity index is 1.84. The van der Waals surface area contributed by atoms with Crippen molar-refractivity contribution in [2.45, 2.75) is 18.9 Å². The third kappa shape index (κ3) is 3.45. The first-order valence-electron chi connectivity index (χ1n) is 6.33. The van der Waals surface area contributed by atoms with Crippen LogP contribution in [0.5, 0.6) is 5.75 Å². The Kier molecular flexibility index (Phi) is 4.40. The second-order valence-electron chi connectivity index (χ2n) is 4.73. The van der Waals surface area contributed by atoms with Gasteiger partial charge in [0.15, 0.2) is 0 Å². The van der Waals surface area contributed by atoms with E-state index in [9.17, 15) is 0 Å². The molecule has 1 aromatic rings. The predicted octanol–water partition coefficient (Wildman–Crippen LogP) is 1.53. The van der Waals surface area contributed by atoms with Gasteiger partial charge in [-0.25, -0.2) is 0 Å². The molecule has 1 atom stereocenters. The number of benzene rings is 1. The van der Waals surface area contributed by atoms with Gasteiger partial charge in [-0.3, -0.25) is 0 Å². The van der Waals surface area contributed by atoms with Crippen LogP contribution in [0.3, 0.4) is 0 Å². The van der Waals surface area contributed by atoms with Crippen LogP contribution in [0.4, 0.5) is 0 Å². The summed E-state index contributed by atoms with van der Waals surface area (Å²) in [4.78, 5) is 2.46. The molecular weight excluding hydrogens is 212 g/mol. The summed E-state index contributed by atoms with van der Waals surface area (Å²) in [7, 11) is 3.93. The fraction of sp³-hybridized carbons (Fsp3) is 0.571. The summed E-state index contributed by atoms with van der Waals surface area (Å²) in [5, 5.41) is 3.46. The van der Waals surface area contributed by atoms with Crippen LogP contribution in [0.15, 0.2) is 24.3 Å². The van der Waals surface area contributed by atoms with Gasteiger partial charge in [-0.05, 0) is 37.6 Å². The molecular formula is C14H22N2O. The van der Waals surface area contributed by atoms with E-state index in [-0.39, 0.29) is 0 Å². The molecule has 0 aromatic heterocycles. The van der Waals surface area contributed by atoms with Gasteiger partial charge in [0, 0.05) is 25.7 Å². The minimum absolute atomic E-state index is 0.672. The molecule has 1 N–H and O–H groups in total. The van der Waals surface area contributed by atoms with Crippen LogP contribution < -0.4 is 10.1 Å². The minimum atomic E-state index is 0.672. The summed E-state index contributed by atoms with van der Waals surface area (Å²) in [5.41, 5.74) is 1.39. The number of ether oxygens (including phenoxy) is 1. The number of hydrogen-bond acceptors (Lipinski definition) is 3. The zero-order valence-electron chi connectivity index (χ0n) is 10.8. The van der Waals surface area contributed by atoms with Crippen LogP contribution in [0.1, 0.15) is 12.0 Å². The Morgan fingerprint density at radius 3 is 2.76 bits per heavy atom. The van der Waals surface area contributed by atoms with Gasteiger partial charge in [-0.2, -0.15) is 0 Å². The Hall–Kier alpha value is -1.06. The summed E-state index contributed by atoms with van der Waals surface area (Å²) in [6.45, 7) is 3.40. The summed E-state index contributed by atoms with van der Waals surface area (Å²) in [6.07, 6.45) is 2.36. The van der Waals surface area contributed by atoms with Crippen molar-refractivity contribution in [3.63, 3.8) is 0 Å². The highest BCUT2D eigenvalue weighted by atomic mass is 16.5. The van der Waals surface area contributed by atoms with Crippen LogP contribution in [0, 0.1) is 0 Å². The van der Waals surface area contributed by atoms with Crippen molar-refractivity contribution >= 4 is 0 Å². The third-order valence-electron chi connectivity index (χ3n) is 3.57. The first-order valence-corrected chi connectivity index (χ1v) is 6.33. The van der Waals surface area contributed by atoms with Gasteiger partial charge >= 0.3 is 0 Å². The van der Waals surface area contributed by atoms with Gasteiger partial charge in [-0.1, -0.05) is 12.1 Å². The van der Waals surface area contributed by atoms with Crippen molar-refractivity contribution in [1.82, 2.24) is 10.2 Å². The number of hydrogen-bond donors (Lipinski definition) is 1. The summed E-state index contributed by atoms with van der Waals surface area (Å²) in [6, 6.07) is 9.08. The van der Waals surface area contributed by atoms with Crippen LogP contribution >= 0.6 is 0 Å². The molecule has 0 spiro atoms. The van der Waals surface area contributed by atoms with E-state index in [1.54, 1.807) is 7.11 Å². The second-order valence-corrected chi connectivity index (χ2v) is 4.73. The normalized spacial score (nSPS) is 21.4. The highest BCUT2D eigenvalue weighted by Gasteiger charge is 2.17. The molecule has 1 aliphatic heterocycles. The van der Waals surface area contributed by atoms with Crippen LogP contribution in [0.25, 0.3) is 0 Å². The standard InChI is InChI=1S/C14H22N2O/c1-16-10-9-15-11-13(16)6-3-12-4-7-14(17-2)8-5-12/h4-5,7-8,13,15H,3,6,9-11H2,1-2H3. The van der Waals surface area contributed by atoms with Gasteiger partial charge in [0.1, 0.15) is 5.75 Å². The largest absolute Gasteiger partial charge is 0.497 e. The summed E-state index contributed by atoms with van der Waals surface area (Å²) < 4.78 is 5.16. The number of piperazine rings is 1. The Morgan fingerprint density at radius 2 is 2.12 bits per heavy atom. The zero-order valence-corrected chi connectivity index (χ0v) is 10.8. The van der Waals surface area contributed by atoms with Gasteiger partial charge in [0.25, 0.3) is 0 Å². The maximum Gasteiger partial charge on any atom is 0.118 e. The lowest BCUT2D eigenvalue weighted by Crippen LogP contribution is -2.49. The van der Waals surface area contributed by atoms with Crippen molar-refractivity contribution in [3.05, 3.63) is 29.8 Å². The molecule has 1 unspecified atom stereocenters. The van der Waals surface area contributed by atoms with E-state index < -0.39 is 0 Å². The first-order chi connectivity index (χ1) is 8.29. The number of methoxy groups -OCH3 is 1. The number of nitrogens with one attached hydrogen (secondary N) is 1. The molecule has 1 heterocycles. The molecule has 0 saturated carbocycles. The van der Waals surface area contributed by atoms with Crippen LogP contribution in [-0.4, -0.2) is 44.7 Å². The van der Waals surface area contributed by atoms with Crippen LogP contribution in [0.2, 0.25) is 0 Å². The van der Waals surface area contributed by atoms with Gasteiger partial charge in [-0.15, -0.1) is 0 Å². The Morgan fingerprint density at radius 1 is 1.35 bits per heavy atom. The highest BCUT2D eigenvalue weighted by Crippen LogP contribution is 2.14. The van der Waals surface area contributed by atoms with Gasteiger partial charge in [0.2, 0.25) is 0 Å². The number of nitrogens with zero attached hydrogens (tertiary/aromatic N) is 1. The summed E-state index contributed by atoms with van der Waals surface area (Å²) >= 11 is 0. The summed E-state index contributed by atoms with van der Waals surface area (Å²) in [5.74, 6) is 0.935. The molecule has 0 amide bonds. The van der Waals surface area contributed by atoms with Crippen molar-refractivity contribution in [1.29, 1.82) is 0 Å². The number of likely N-dealkylation sites (N-methyl/N-ethyl adjacent to an activating group) is 1. The third-order valence-corrected chi connectivity index (χ3v) is 3.57. The second kappa shape index (κ2) is 6.03. The van der Waals surface area contributed by atoms with E-state index in [1.807, 2.05) is 12.1 Å². The van der Waals surface area contributed by atoms with Crippen molar-refractivity contribution in [2.75, 3.05) is 33.8 Å². The van der Waals surface area contributed by atoms with Crippen LogP contribution in [-0.2, 0) is 6.42 Å². The predicted molar refractivity (Wildman–Crippen MR) is 70.6 cm³/mol. The van der Waals surface area contributed by atoms with E-state index in [0.29, 0.717) is 6.04 Å². The minimum Gasteiger partial charge on any atom is -0.497 e. The Bertz CT molecular complexity index is 337. The Labute approximate surface area is 104 Å². The van der Waals surface area contributed by atoms with E-state index in [1.165, 1.54) is 12.0 Å². The lowest BCUT2D eigenvalue weighted by atomic mass is 10.0. The monoisotopic (exact) mass is 234 g/mol. The van der Waals surface area contributed by atoms with Crippen molar-refractivity contribution < 1.29 is 4.74 Å². The van der Waals surface area contributed by atoms with Crippen molar-refractivity contribution in [2.24, 2.45) is 0 Å². The fourth-order valence-corrected chi connectivity index (χ4v) is 2.31. The molecule has 1 aliphatic rings. The highest BCUT2D eigenvalue weighted by molar-refractivity contribution is 5.27. The average Bonchev–Trinajstić information content (AvgIpc) is 2.38. The molecule has 2 rings (SSSR count). The zero-order chi connectivity index (χ0) is 12.1. The lowest BCUT2D eigenvalue weighted by Gasteiger charge is -2.33. The molecule has 1 fully saturated rings. The van der Waals surface area contributed by atoms with Crippen molar-refractivity contribution in [3.8, 4) is 5.75 Å². The first kappa shape index (κ1) is 12.4. The molecule has 1 aromatic carbocycles. The molecule has 3 heteroatoms. The number of rotatable bonds is 4. The van der Waals surface area contributed by atoms with E-state index in [0.717, 1.165) is 31.8 Å². The van der Waals surface area contributed by atoms with E-state index in [2.05, 4.69) is 29.4 Å². The molecule has 0 radical (unpaired) electrons. The van der Waals surface area contributed by atoms with E-state index in [4.69, 9.17) is 4.74 Å². The SMILES string of the molecule is COc1ccc(CCC2CNCCN2C)cc1. The molecule has 3 nitrogen and oxygen atoms in total. The quantitative estimate of drug-likeness (QED) is 0.855. The average molecular weight is 234 g/mol. The van der Waals surface area contributed by atoms with Gasteiger partial charge < -0.3 is 15.0 Å². The maximum absolute atomic E-state index is 5.16. The molecule has 17 heavy (non-hydrogen) atoms. The van der Waals surface area contributed by atoms with E-state index >= 15 is 0 Å². The lowest BCUT2D eigenvalue weighted by molar-refractivity contribution is 0.191.